The number of amides is 2. The van der Waals surface area contributed by atoms with Gasteiger partial charge in [-0.25, -0.2) is 0 Å². The number of carbonyl (C=O) groups is 2. The predicted octanol–water partition coefficient (Wildman–Crippen LogP) is 0.0668. The standard InChI is InChI=1S/C13H23N3O2/c1-11(17)16-6-2-5-15(7-8-16)10-13(18)14-9-12-3-4-12/h12H,2-10H2,1H3,(H,14,18). The Labute approximate surface area is 108 Å². The van der Waals surface area contributed by atoms with E-state index in [-0.39, 0.29) is 11.8 Å². The third-order valence-corrected chi connectivity index (χ3v) is 3.69. The van der Waals surface area contributed by atoms with Crippen LogP contribution in [0.25, 0.3) is 0 Å². The summed E-state index contributed by atoms with van der Waals surface area (Å²) in [5.41, 5.74) is 0. The fourth-order valence-electron chi connectivity index (χ4n) is 2.28. The maximum Gasteiger partial charge on any atom is 0.234 e. The summed E-state index contributed by atoms with van der Waals surface area (Å²) >= 11 is 0. The minimum absolute atomic E-state index is 0.123. The van der Waals surface area contributed by atoms with Gasteiger partial charge in [0, 0.05) is 39.6 Å². The molecule has 0 spiro atoms. The molecule has 0 radical (unpaired) electrons. The van der Waals surface area contributed by atoms with Gasteiger partial charge in [0.15, 0.2) is 0 Å². The normalized spacial score (nSPS) is 21.5. The van der Waals surface area contributed by atoms with Crippen LogP contribution in [0, 0.1) is 5.92 Å². The topological polar surface area (TPSA) is 52.7 Å². The van der Waals surface area contributed by atoms with E-state index >= 15 is 0 Å². The number of hydrogen-bond donors (Lipinski definition) is 1. The van der Waals surface area contributed by atoms with Crippen LogP contribution in [0.5, 0.6) is 0 Å². The van der Waals surface area contributed by atoms with E-state index in [1.165, 1.54) is 12.8 Å². The Hall–Kier alpha value is -1.10. The van der Waals surface area contributed by atoms with E-state index in [1.807, 2.05) is 4.90 Å². The third-order valence-electron chi connectivity index (χ3n) is 3.69. The summed E-state index contributed by atoms with van der Waals surface area (Å²) in [5.74, 6) is 0.986. The smallest absolute Gasteiger partial charge is 0.234 e. The van der Waals surface area contributed by atoms with Gasteiger partial charge in [-0.15, -0.1) is 0 Å². The summed E-state index contributed by atoms with van der Waals surface area (Å²) in [6.07, 6.45) is 3.48. The van der Waals surface area contributed by atoms with Gasteiger partial charge in [0.25, 0.3) is 0 Å². The summed E-state index contributed by atoms with van der Waals surface area (Å²) in [6.45, 7) is 6.18. The number of carbonyl (C=O) groups excluding carboxylic acids is 2. The van der Waals surface area contributed by atoms with Gasteiger partial charge >= 0.3 is 0 Å². The van der Waals surface area contributed by atoms with Crippen LogP contribution in [0.2, 0.25) is 0 Å². The molecule has 18 heavy (non-hydrogen) atoms. The highest BCUT2D eigenvalue weighted by Gasteiger charge is 2.22. The molecule has 102 valence electrons. The van der Waals surface area contributed by atoms with Crippen LogP contribution < -0.4 is 5.32 Å². The second kappa shape index (κ2) is 6.18. The van der Waals surface area contributed by atoms with Crippen molar-refractivity contribution in [3.05, 3.63) is 0 Å². The highest BCUT2D eigenvalue weighted by molar-refractivity contribution is 5.78. The summed E-state index contributed by atoms with van der Waals surface area (Å²) in [4.78, 5) is 27.0. The zero-order valence-electron chi connectivity index (χ0n) is 11.2. The van der Waals surface area contributed by atoms with Crippen LogP contribution in [0.1, 0.15) is 26.2 Å². The van der Waals surface area contributed by atoms with Crippen LogP contribution in [0.15, 0.2) is 0 Å². The Balaban J connectivity index is 1.68. The Bertz CT molecular complexity index is 315. The first kappa shape index (κ1) is 13.3. The average molecular weight is 253 g/mol. The van der Waals surface area contributed by atoms with E-state index in [0.717, 1.165) is 45.1 Å². The first-order chi connectivity index (χ1) is 8.65. The zero-order valence-corrected chi connectivity index (χ0v) is 11.2. The molecule has 0 unspecified atom stereocenters. The quantitative estimate of drug-likeness (QED) is 0.771. The van der Waals surface area contributed by atoms with Gasteiger partial charge in [-0.2, -0.15) is 0 Å². The molecular weight excluding hydrogens is 230 g/mol. The summed E-state index contributed by atoms with van der Waals surface area (Å²) in [7, 11) is 0. The molecule has 1 aliphatic carbocycles. The summed E-state index contributed by atoms with van der Waals surface area (Å²) < 4.78 is 0. The fraction of sp³-hybridized carbons (Fsp3) is 0.846. The van der Waals surface area contributed by atoms with Gasteiger partial charge < -0.3 is 10.2 Å². The van der Waals surface area contributed by atoms with Gasteiger partial charge in [0.2, 0.25) is 11.8 Å². The van der Waals surface area contributed by atoms with Crippen molar-refractivity contribution in [1.29, 1.82) is 0 Å². The maximum atomic E-state index is 11.7. The lowest BCUT2D eigenvalue weighted by molar-refractivity contribution is -0.128. The van der Waals surface area contributed by atoms with Crippen molar-refractivity contribution in [2.75, 3.05) is 39.3 Å². The molecular formula is C13H23N3O2. The largest absolute Gasteiger partial charge is 0.355 e. The van der Waals surface area contributed by atoms with Crippen molar-refractivity contribution in [1.82, 2.24) is 15.1 Å². The molecule has 5 nitrogen and oxygen atoms in total. The van der Waals surface area contributed by atoms with Crippen molar-refractivity contribution < 1.29 is 9.59 Å². The second-order valence-corrected chi connectivity index (χ2v) is 5.38. The van der Waals surface area contributed by atoms with Crippen molar-refractivity contribution in [2.24, 2.45) is 5.92 Å². The predicted molar refractivity (Wildman–Crippen MR) is 69.0 cm³/mol. The highest BCUT2D eigenvalue weighted by Crippen LogP contribution is 2.27. The minimum atomic E-state index is 0.123. The van der Waals surface area contributed by atoms with E-state index in [9.17, 15) is 9.59 Å². The SMILES string of the molecule is CC(=O)N1CCCN(CC(=O)NCC2CC2)CC1. The molecule has 2 aliphatic rings. The molecule has 5 heteroatoms. The number of rotatable bonds is 4. The van der Waals surface area contributed by atoms with E-state index in [0.29, 0.717) is 6.54 Å². The molecule has 1 N–H and O–H groups in total. The zero-order chi connectivity index (χ0) is 13.0. The van der Waals surface area contributed by atoms with E-state index < -0.39 is 0 Å². The van der Waals surface area contributed by atoms with Crippen molar-refractivity contribution in [3.8, 4) is 0 Å². The molecule has 0 aromatic rings. The van der Waals surface area contributed by atoms with Gasteiger partial charge in [0.05, 0.1) is 6.54 Å². The first-order valence-corrected chi connectivity index (χ1v) is 6.89. The Morgan fingerprint density at radius 2 is 1.94 bits per heavy atom. The van der Waals surface area contributed by atoms with Crippen molar-refractivity contribution >= 4 is 11.8 Å². The van der Waals surface area contributed by atoms with Crippen molar-refractivity contribution in [3.63, 3.8) is 0 Å². The molecule has 1 saturated carbocycles. The van der Waals surface area contributed by atoms with Crippen molar-refractivity contribution in [2.45, 2.75) is 26.2 Å². The Morgan fingerprint density at radius 1 is 1.17 bits per heavy atom. The molecule has 0 aromatic heterocycles. The first-order valence-electron chi connectivity index (χ1n) is 6.89. The van der Waals surface area contributed by atoms with E-state index in [4.69, 9.17) is 0 Å². The number of hydrogen-bond acceptors (Lipinski definition) is 3. The molecule has 2 amide bonds. The lowest BCUT2D eigenvalue weighted by Crippen LogP contribution is -2.40. The van der Waals surface area contributed by atoms with Crippen LogP contribution in [0.3, 0.4) is 0 Å². The number of nitrogens with zero attached hydrogens (tertiary/aromatic N) is 2. The summed E-state index contributed by atoms with van der Waals surface area (Å²) in [6, 6.07) is 0. The van der Waals surface area contributed by atoms with E-state index in [1.54, 1.807) is 6.92 Å². The Morgan fingerprint density at radius 3 is 2.61 bits per heavy atom. The monoisotopic (exact) mass is 253 g/mol. The molecule has 1 heterocycles. The van der Waals surface area contributed by atoms with E-state index in [2.05, 4.69) is 10.2 Å². The van der Waals surface area contributed by atoms with Crippen LogP contribution in [-0.2, 0) is 9.59 Å². The van der Waals surface area contributed by atoms with Gasteiger partial charge in [-0.05, 0) is 25.2 Å². The lowest BCUT2D eigenvalue weighted by Gasteiger charge is -2.20. The maximum absolute atomic E-state index is 11.7. The van der Waals surface area contributed by atoms with Crippen LogP contribution >= 0.6 is 0 Å². The molecule has 2 rings (SSSR count). The molecule has 2 fully saturated rings. The highest BCUT2D eigenvalue weighted by atomic mass is 16.2. The van der Waals surface area contributed by atoms with Gasteiger partial charge in [-0.1, -0.05) is 0 Å². The second-order valence-electron chi connectivity index (χ2n) is 5.38. The number of nitrogens with one attached hydrogen (secondary N) is 1. The lowest BCUT2D eigenvalue weighted by atomic mass is 10.3. The van der Waals surface area contributed by atoms with Crippen LogP contribution in [-0.4, -0.2) is 60.9 Å². The van der Waals surface area contributed by atoms with Gasteiger partial charge in [-0.3, -0.25) is 14.5 Å². The third kappa shape index (κ3) is 4.29. The minimum Gasteiger partial charge on any atom is -0.355 e. The molecule has 0 aromatic carbocycles. The summed E-state index contributed by atoms with van der Waals surface area (Å²) in [5, 5.41) is 2.99. The average Bonchev–Trinajstić information content (AvgIpc) is 3.13. The molecule has 1 saturated heterocycles. The fourth-order valence-corrected chi connectivity index (χ4v) is 2.28. The van der Waals surface area contributed by atoms with Gasteiger partial charge in [0.1, 0.15) is 0 Å². The Kier molecular flexibility index (Phi) is 4.58. The van der Waals surface area contributed by atoms with Crippen LogP contribution in [0.4, 0.5) is 0 Å². The molecule has 0 atom stereocenters. The molecule has 1 aliphatic heterocycles. The molecule has 0 bridgehead atoms.